The van der Waals surface area contributed by atoms with Gasteiger partial charge in [-0.05, 0) is 31.5 Å². The number of amides is 2. The van der Waals surface area contributed by atoms with Crippen LogP contribution >= 0.6 is 11.6 Å². The minimum absolute atomic E-state index is 0.00192. The zero-order valence-corrected chi connectivity index (χ0v) is 12.0. The molecule has 0 bridgehead atoms. The Balaban J connectivity index is 2.57. The van der Waals surface area contributed by atoms with E-state index in [-0.39, 0.29) is 12.5 Å². The Bertz CT molecular complexity index is 493. The van der Waals surface area contributed by atoms with Crippen molar-refractivity contribution >= 4 is 29.3 Å². The van der Waals surface area contributed by atoms with Crippen molar-refractivity contribution in [1.29, 1.82) is 0 Å². The molecule has 3 N–H and O–H groups in total. The van der Waals surface area contributed by atoms with Gasteiger partial charge in [0.05, 0.1) is 12.8 Å². The average molecular weight is 301 g/mol. The molecule has 7 heteroatoms. The van der Waals surface area contributed by atoms with Crippen molar-refractivity contribution in [2.45, 2.75) is 25.8 Å². The Hall–Kier alpha value is -1.95. The van der Waals surface area contributed by atoms with Crippen molar-refractivity contribution in [1.82, 2.24) is 5.32 Å². The zero-order chi connectivity index (χ0) is 15.1. The van der Waals surface area contributed by atoms with Crippen LogP contribution < -0.4 is 15.4 Å². The van der Waals surface area contributed by atoms with E-state index in [0.29, 0.717) is 22.9 Å². The molecule has 0 radical (unpaired) electrons. The van der Waals surface area contributed by atoms with Gasteiger partial charge in [0.15, 0.2) is 0 Å². The molecular weight excluding hydrogens is 284 g/mol. The first-order chi connectivity index (χ1) is 9.42. The molecule has 0 aromatic heterocycles. The summed E-state index contributed by atoms with van der Waals surface area (Å²) in [5.74, 6) is -0.404. The number of benzene rings is 1. The molecule has 110 valence electrons. The number of carboxylic acids is 1. The number of hydrogen-bond donors (Lipinski definition) is 3. The molecule has 20 heavy (non-hydrogen) atoms. The quantitative estimate of drug-likeness (QED) is 0.754. The Morgan fingerprint density at radius 1 is 1.45 bits per heavy atom. The van der Waals surface area contributed by atoms with Crippen molar-refractivity contribution in [2.24, 2.45) is 0 Å². The summed E-state index contributed by atoms with van der Waals surface area (Å²) in [6, 6.07) is 4.17. The minimum Gasteiger partial charge on any atom is -0.495 e. The summed E-state index contributed by atoms with van der Waals surface area (Å²) < 4.78 is 5.11. The van der Waals surface area contributed by atoms with E-state index < -0.39 is 12.0 Å². The van der Waals surface area contributed by atoms with E-state index in [1.54, 1.807) is 25.1 Å². The molecule has 0 heterocycles. The molecule has 2 amide bonds. The lowest BCUT2D eigenvalue weighted by atomic mass is 10.2. The lowest BCUT2D eigenvalue weighted by Gasteiger charge is -2.15. The van der Waals surface area contributed by atoms with Gasteiger partial charge in [-0.25, -0.2) is 4.79 Å². The summed E-state index contributed by atoms with van der Waals surface area (Å²) >= 11 is 5.86. The van der Waals surface area contributed by atoms with Gasteiger partial charge in [0.1, 0.15) is 5.75 Å². The normalized spacial score (nSPS) is 11.6. The molecule has 1 aromatic rings. The highest BCUT2D eigenvalue weighted by Crippen LogP contribution is 2.27. The highest BCUT2D eigenvalue weighted by Gasteiger charge is 2.11. The van der Waals surface area contributed by atoms with E-state index in [2.05, 4.69) is 10.6 Å². The molecule has 1 unspecified atom stereocenters. The van der Waals surface area contributed by atoms with Crippen LogP contribution in [0.1, 0.15) is 19.8 Å². The van der Waals surface area contributed by atoms with Crippen LogP contribution in [-0.2, 0) is 4.79 Å². The highest BCUT2D eigenvalue weighted by atomic mass is 35.5. The number of nitrogens with one attached hydrogen (secondary N) is 2. The molecule has 0 saturated heterocycles. The third-order valence-electron chi connectivity index (χ3n) is 2.58. The number of anilines is 1. The van der Waals surface area contributed by atoms with Crippen LogP contribution in [0.25, 0.3) is 0 Å². The molecule has 1 aromatic carbocycles. The van der Waals surface area contributed by atoms with Gasteiger partial charge in [0, 0.05) is 17.5 Å². The number of rotatable bonds is 6. The van der Waals surface area contributed by atoms with E-state index in [1.807, 2.05) is 0 Å². The SMILES string of the molecule is COc1ccc(Cl)cc1NC(=O)NC(C)CCC(=O)O. The minimum atomic E-state index is -0.893. The molecule has 1 atom stereocenters. The fraction of sp³-hybridized carbons (Fsp3) is 0.385. The maximum atomic E-state index is 11.8. The Morgan fingerprint density at radius 2 is 2.15 bits per heavy atom. The average Bonchev–Trinajstić information content (AvgIpc) is 2.36. The Morgan fingerprint density at radius 3 is 2.75 bits per heavy atom. The maximum absolute atomic E-state index is 11.8. The molecular formula is C13H17ClN2O4. The second-order valence-corrected chi connectivity index (χ2v) is 4.71. The monoisotopic (exact) mass is 300 g/mol. The molecule has 0 aliphatic carbocycles. The van der Waals surface area contributed by atoms with E-state index in [9.17, 15) is 9.59 Å². The van der Waals surface area contributed by atoms with Crippen molar-refractivity contribution in [2.75, 3.05) is 12.4 Å². The first-order valence-corrected chi connectivity index (χ1v) is 6.43. The molecule has 0 fully saturated rings. The number of ether oxygens (including phenoxy) is 1. The summed E-state index contributed by atoms with van der Waals surface area (Å²) in [4.78, 5) is 22.2. The van der Waals surface area contributed by atoms with Gasteiger partial charge in [-0.15, -0.1) is 0 Å². The van der Waals surface area contributed by atoms with Crippen molar-refractivity contribution in [3.63, 3.8) is 0 Å². The molecule has 6 nitrogen and oxygen atoms in total. The molecule has 0 aliphatic heterocycles. The lowest BCUT2D eigenvalue weighted by molar-refractivity contribution is -0.137. The van der Waals surface area contributed by atoms with Gasteiger partial charge in [-0.2, -0.15) is 0 Å². The number of carbonyl (C=O) groups excluding carboxylic acids is 1. The third-order valence-corrected chi connectivity index (χ3v) is 2.81. The lowest BCUT2D eigenvalue weighted by Crippen LogP contribution is -2.36. The predicted octanol–water partition coefficient (Wildman–Crippen LogP) is 2.72. The fourth-order valence-electron chi connectivity index (χ4n) is 1.57. The number of hydrogen-bond acceptors (Lipinski definition) is 3. The highest BCUT2D eigenvalue weighted by molar-refractivity contribution is 6.31. The van der Waals surface area contributed by atoms with E-state index in [0.717, 1.165) is 0 Å². The molecule has 0 spiro atoms. The summed E-state index contributed by atoms with van der Waals surface area (Å²) in [6.45, 7) is 1.73. The summed E-state index contributed by atoms with van der Waals surface area (Å²) in [7, 11) is 1.49. The van der Waals surface area contributed by atoms with Gasteiger partial charge < -0.3 is 20.5 Å². The number of halogens is 1. The molecule has 1 rings (SSSR count). The van der Waals surface area contributed by atoms with Crippen molar-refractivity contribution in [3.05, 3.63) is 23.2 Å². The number of aliphatic carboxylic acids is 1. The first kappa shape index (κ1) is 16.1. The van der Waals surface area contributed by atoms with Crippen LogP contribution in [0.5, 0.6) is 5.75 Å². The Labute approximate surface area is 122 Å². The number of carbonyl (C=O) groups is 2. The van der Waals surface area contributed by atoms with Crippen molar-refractivity contribution < 1.29 is 19.4 Å². The van der Waals surface area contributed by atoms with Crippen LogP contribution in [0.4, 0.5) is 10.5 Å². The number of carboxylic acid groups (broad SMARTS) is 1. The largest absolute Gasteiger partial charge is 0.495 e. The fourth-order valence-corrected chi connectivity index (χ4v) is 1.74. The smallest absolute Gasteiger partial charge is 0.319 e. The summed E-state index contributed by atoms with van der Waals surface area (Å²) in [5.41, 5.74) is 0.447. The van der Waals surface area contributed by atoms with Crippen LogP contribution in [0.3, 0.4) is 0 Å². The maximum Gasteiger partial charge on any atom is 0.319 e. The number of urea groups is 1. The topological polar surface area (TPSA) is 87.7 Å². The first-order valence-electron chi connectivity index (χ1n) is 6.05. The van der Waals surface area contributed by atoms with Crippen LogP contribution in [0.2, 0.25) is 5.02 Å². The summed E-state index contributed by atoms with van der Waals surface area (Å²) in [5, 5.41) is 14.3. The van der Waals surface area contributed by atoms with Crippen LogP contribution in [-0.4, -0.2) is 30.3 Å². The van der Waals surface area contributed by atoms with Gasteiger partial charge in [0.2, 0.25) is 0 Å². The predicted molar refractivity (Wildman–Crippen MR) is 76.5 cm³/mol. The van der Waals surface area contributed by atoms with Crippen LogP contribution in [0.15, 0.2) is 18.2 Å². The van der Waals surface area contributed by atoms with Crippen LogP contribution in [0, 0.1) is 0 Å². The molecule has 0 aliphatic rings. The van der Waals surface area contributed by atoms with E-state index in [1.165, 1.54) is 7.11 Å². The number of methoxy groups -OCH3 is 1. The van der Waals surface area contributed by atoms with Crippen molar-refractivity contribution in [3.8, 4) is 5.75 Å². The second kappa shape index (κ2) is 7.59. The summed E-state index contributed by atoms with van der Waals surface area (Å²) in [6.07, 6.45) is 0.358. The Kier molecular flexibility index (Phi) is 6.11. The standard InChI is InChI=1S/C13H17ClN2O4/c1-8(3-6-12(17)18)15-13(19)16-10-7-9(14)4-5-11(10)20-2/h4-5,7-8H,3,6H2,1-2H3,(H,17,18)(H2,15,16,19). The second-order valence-electron chi connectivity index (χ2n) is 4.28. The van der Waals surface area contributed by atoms with Gasteiger partial charge >= 0.3 is 12.0 Å². The zero-order valence-electron chi connectivity index (χ0n) is 11.3. The van der Waals surface area contributed by atoms with E-state index in [4.69, 9.17) is 21.4 Å². The molecule has 0 saturated carbocycles. The van der Waals surface area contributed by atoms with E-state index >= 15 is 0 Å². The van der Waals surface area contributed by atoms with Gasteiger partial charge in [-0.3, -0.25) is 4.79 Å². The van der Waals surface area contributed by atoms with Gasteiger partial charge in [-0.1, -0.05) is 11.6 Å². The van der Waals surface area contributed by atoms with Gasteiger partial charge in [0.25, 0.3) is 0 Å². The third kappa shape index (κ3) is 5.36.